The Hall–Kier alpha value is -1.38. The van der Waals surface area contributed by atoms with Crippen LogP contribution in [0.3, 0.4) is 0 Å². The van der Waals surface area contributed by atoms with Crippen LogP contribution in [0, 0.1) is 5.41 Å². The summed E-state index contributed by atoms with van der Waals surface area (Å²) < 4.78 is 0. The first-order chi connectivity index (χ1) is 6.56. The van der Waals surface area contributed by atoms with Gasteiger partial charge in [0, 0.05) is 23.5 Å². The lowest BCUT2D eigenvalue weighted by molar-refractivity contribution is -0.124. The van der Waals surface area contributed by atoms with Gasteiger partial charge in [-0.15, -0.1) is 0 Å². The van der Waals surface area contributed by atoms with Crippen molar-refractivity contribution in [2.24, 2.45) is 5.41 Å². The van der Waals surface area contributed by atoms with Gasteiger partial charge in [-0.1, -0.05) is 20.8 Å². The van der Waals surface area contributed by atoms with E-state index in [9.17, 15) is 4.79 Å². The van der Waals surface area contributed by atoms with E-state index in [-0.39, 0.29) is 11.3 Å². The molecule has 0 radical (unpaired) electrons. The average molecular weight is 192 g/mol. The van der Waals surface area contributed by atoms with E-state index in [1.54, 1.807) is 24.5 Å². The van der Waals surface area contributed by atoms with Crippen LogP contribution in [0.4, 0.5) is 5.69 Å². The minimum Gasteiger partial charge on any atom is -0.326 e. The van der Waals surface area contributed by atoms with Crippen LogP contribution >= 0.6 is 0 Å². The van der Waals surface area contributed by atoms with E-state index in [1.807, 2.05) is 20.8 Å². The van der Waals surface area contributed by atoms with Crippen molar-refractivity contribution in [2.45, 2.75) is 27.2 Å². The molecule has 0 unspecified atom stereocenters. The maximum atomic E-state index is 11.7. The number of rotatable bonds is 3. The number of anilines is 1. The van der Waals surface area contributed by atoms with Gasteiger partial charge in [-0.2, -0.15) is 0 Å². The highest BCUT2D eigenvalue weighted by molar-refractivity contribution is 5.94. The molecule has 0 aromatic carbocycles. The number of amides is 1. The van der Waals surface area contributed by atoms with Gasteiger partial charge in [-0.05, 0) is 18.6 Å². The van der Waals surface area contributed by atoms with E-state index in [0.29, 0.717) is 0 Å². The molecule has 0 aliphatic carbocycles. The SMILES string of the molecule is CCC(C)(C)C(=O)Nc1ccncc1. The Kier molecular flexibility index (Phi) is 3.23. The lowest BCUT2D eigenvalue weighted by Gasteiger charge is -2.21. The molecule has 0 bridgehead atoms. The smallest absolute Gasteiger partial charge is 0.230 e. The topological polar surface area (TPSA) is 42.0 Å². The van der Waals surface area contributed by atoms with Crippen LogP contribution in [-0.4, -0.2) is 10.9 Å². The van der Waals surface area contributed by atoms with Crippen molar-refractivity contribution in [1.82, 2.24) is 4.98 Å². The first kappa shape index (κ1) is 10.7. The van der Waals surface area contributed by atoms with Crippen molar-refractivity contribution in [3.05, 3.63) is 24.5 Å². The Morgan fingerprint density at radius 2 is 2.00 bits per heavy atom. The summed E-state index contributed by atoms with van der Waals surface area (Å²) in [5.74, 6) is 0.0474. The second-order valence-corrected chi connectivity index (χ2v) is 3.93. The maximum absolute atomic E-state index is 11.7. The van der Waals surface area contributed by atoms with Crippen molar-refractivity contribution in [3.63, 3.8) is 0 Å². The molecule has 0 saturated carbocycles. The highest BCUT2D eigenvalue weighted by Gasteiger charge is 2.24. The molecular weight excluding hydrogens is 176 g/mol. The number of pyridine rings is 1. The number of hydrogen-bond acceptors (Lipinski definition) is 2. The zero-order valence-corrected chi connectivity index (χ0v) is 8.87. The van der Waals surface area contributed by atoms with Gasteiger partial charge in [-0.25, -0.2) is 0 Å². The third-order valence-electron chi connectivity index (χ3n) is 2.44. The molecule has 1 aromatic heterocycles. The van der Waals surface area contributed by atoms with E-state index in [0.717, 1.165) is 12.1 Å². The molecule has 0 atom stereocenters. The van der Waals surface area contributed by atoms with Crippen LogP contribution < -0.4 is 5.32 Å². The lowest BCUT2D eigenvalue weighted by Crippen LogP contribution is -2.29. The van der Waals surface area contributed by atoms with Crippen LogP contribution in [0.15, 0.2) is 24.5 Å². The van der Waals surface area contributed by atoms with Crippen LogP contribution in [-0.2, 0) is 4.79 Å². The Bertz CT molecular complexity index is 306. The first-order valence-corrected chi connectivity index (χ1v) is 4.78. The zero-order valence-electron chi connectivity index (χ0n) is 8.87. The van der Waals surface area contributed by atoms with E-state index >= 15 is 0 Å². The summed E-state index contributed by atoms with van der Waals surface area (Å²) in [6.07, 6.45) is 4.15. The first-order valence-electron chi connectivity index (χ1n) is 4.78. The fraction of sp³-hybridized carbons (Fsp3) is 0.455. The van der Waals surface area contributed by atoms with Crippen LogP contribution in [0.25, 0.3) is 0 Å². The number of nitrogens with zero attached hydrogens (tertiary/aromatic N) is 1. The zero-order chi connectivity index (χ0) is 10.6. The normalized spacial score (nSPS) is 11.1. The van der Waals surface area contributed by atoms with Gasteiger partial charge >= 0.3 is 0 Å². The molecule has 14 heavy (non-hydrogen) atoms. The second-order valence-electron chi connectivity index (χ2n) is 3.93. The van der Waals surface area contributed by atoms with Gasteiger partial charge in [0.15, 0.2) is 0 Å². The number of hydrogen-bond donors (Lipinski definition) is 1. The second kappa shape index (κ2) is 4.22. The number of aromatic nitrogens is 1. The third-order valence-corrected chi connectivity index (χ3v) is 2.44. The summed E-state index contributed by atoms with van der Waals surface area (Å²) in [5.41, 5.74) is 0.482. The van der Waals surface area contributed by atoms with Gasteiger partial charge < -0.3 is 5.32 Å². The van der Waals surface area contributed by atoms with Crippen LogP contribution in [0.1, 0.15) is 27.2 Å². The molecule has 76 valence electrons. The number of carbonyl (C=O) groups excluding carboxylic acids is 1. The molecule has 1 aromatic rings. The molecule has 1 heterocycles. The van der Waals surface area contributed by atoms with Crippen molar-refractivity contribution in [3.8, 4) is 0 Å². The summed E-state index contributed by atoms with van der Waals surface area (Å²) in [6, 6.07) is 3.56. The molecule has 3 nitrogen and oxygen atoms in total. The predicted molar refractivity (Wildman–Crippen MR) is 56.9 cm³/mol. The summed E-state index contributed by atoms with van der Waals surface area (Å²) in [5, 5.41) is 2.85. The molecule has 0 aliphatic heterocycles. The summed E-state index contributed by atoms with van der Waals surface area (Å²) >= 11 is 0. The molecule has 0 aliphatic rings. The quantitative estimate of drug-likeness (QED) is 0.799. The highest BCUT2D eigenvalue weighted by Crippen LogP contribution is 2.21. The maximum Gasteiger partial charge on any atom is 0.230 e. The molecule has 3 heteroatoms. The minimum absolute atomic E-state index is 0.0474. The monoisotopic (exact) mass is 192 g/mol. The van der Waals surface area contributed by atoms with Gasteiger partial charge in [0.2, 0.25) is 5.91 Å². The van der Waals surface area contributed by atoms with Crippen molar-refractivity contribution < 1.29 is 4.79 Å². The molecule has 0 spiro atoms. The van der Waals surface area contributed by atoms with Gasteiger partial charge in [0.25, 0.3) is 0 Å². The Morgan fingerprint density at radius 1 is 1.43 bits per heavy atom. The predicted octanol–water partition coefficient (Wildman–Crippen LogP) is 2.46. The molecule has 1 rings (SSSR count). The largest absolute Gasteiger partial charge is 0.326 e. The summed E-state index contributed by atoms with van der Waals surface area (Å²) in [7, 11) is 0. The van der Waals surface area contributed by atoms with Crippen molar-refractivity contribution in [2.75, 3.05) is 5.32 Å². The summed E-state index contributed by atoms with van der Waals surface area (Å²) in [4.78, 5) is 15.6. The number of nitrogens with one attached hydrogen (secondary N) is 1. The standard InChI is InChI=1S/C11H16N2O/c1-4-11(2,3)10(14)13-9-5-7-12-8-6-9/h5-8H,4H2,1-3H3,(H,12,13,14). The summed E-state index contributed by atoms with van der Waals surface area (Å²) in [6.45, 7) is 5.87. The van der Waals surface area contributed by atoms with Crippen molar-refractivity contribution >= 4 is 11.6 Å². The fourth-order valence-corrected chi connectivity index (χ4v) is 0.896. The fourth-order valence-electron chi connectivity index (χ4n) is 0.896. The Morgan fingerprint density at radius 3 is 2.50 bits per heavy atom. The lowest BCUT2D eigenvalue weighted by atomic mass is 9.89. The number of carbonyl (C=O) groups is 1. The van der Waals surface area contributed by atoms with Gasteiger partial charge in [0.05, 0.1) is 0 Å². The van der Waals surface area contributed by atoms with Gasteiger partial charge in [-0.3, -0.25) is 9.78 Å². The third kappa shape index (κ3) is 2.55. The molecular formula is C11H16N2O. The van der Waals surface area contributed by atoms with E-state index in [4.69, 9.17) is 0 Å². The van der Waals surface area contributed by atoms with E-state index in [2.05, 4.69) is 10.3 Å². The molecule has 1 N–H and O–H groups in total. The highest BCUT2D eigenvalue weighted by atomic mass is 16.2. The molecule has 1 amide bonds. The van der Waals surface area contributed by atoms with E-state index < -0.39 is 0 Å². The average Bonchev–Trinajstić information content (AvgIpc) is 2.19. The Balaban J connectivity index is 2.67. The van der Waals surface area contributed by atoms with E-state index in [1.165, 1.54) is 0 Å². The van der Waals surface area contributed by atoms with Crippen molar-refractivity contribution in [1.29, 1.82) is 0 Å². The molecule has 0 fully saturated rings. The molecule has 0 saturated heterocycles. The Labute approximate surface area is 84.6 Å². The van der Waals surface area contributed by atoms with Crippen LogP contribution in [0.2, 0.25) is 0 Å². The minimum atomic E-state index is -0.316. The van der Waals surface area contributed by atoms with Gasteiger partial charge in [0.1, 0.15) is 0 Å². The van der Waals surface area contributed by atoms with Crippen LogP contribution in [0.5, 0.6) is 0 Å².